The van der Waals surface area contributed by atoms with Crippen LogP contribution in [0.2, 0.25) is 10.0 Å². The van der Waals surface area contributed by atoms with Gasteiger partial charge in [0.1, 0.15) is 6.61 Å². The number of ether oxygens (including phenoxy) is 1. The number of carbonyl (C=O) groups excluding carboxylic acids is 1. The van der Waals surface area contributed by atoms with E-state index in [0.29, 0.717) is 10.0 Å². The number of allylic oxidation sites excluding steroid dienone is 1. The molecule has 80 valence electrons. The molecule has 1 aromatic carbocycles. The van der Waals surface area contributed by atoms with Crippen molar-refractivity contribution in [1.29, 1.82) is 0 Å². The van der Waals surface area contributed by atoms with Crippen LogP contribution in [0.5, 0.6) is 0 Å². The lowest BCUT2D eigenvalue weighted by atomic mass is 10.2. The van der Waals surface area contributed by atoms with Crippen molar-refractivity contribution in [3.05, 3.63) is 46.0 Å². The molecule has 1 aromatic rings. The van der Waals surface area contributed by atoms with Crippen LogP contribution < -0.4 is 0 Å². The predicted octanol–water partition coefficient (Wildman–Crippen LogP) is 3.61. The molecule has 0 radical (unpaired) electrons. The van der Waals surface area contributed by atoms with E-state index < -0.39 is 0 Å². The lowest BCUT2D eigenvalue weighted by Gasteiger charge is -2.03. The minimum atomic E-state index is -0.372. The molecule has 0 fully saturated rings. The van der Waals surface area contributed by atoms with Crippen LogP contribution in [0.4, 0.5) is 0 Å². The molecule has 0 aromatic heterocycles. The number of hydrogen-bond donors (Lipinski definition) is 0. The molecule has 0 aliphatic heterocycles. The first kappa shape index (κ1) is 12.1. The van der Waals surface area contributed by atoms with Crippen LogP contribution in [0.1, 0.15) is 12.5 Å². The molecule has 0 spiro atoms. The van der Waals surface area contributed by atoms with Gasteiger partial charge in [-0.25, -0.2) is 4.79 Å². The second-order valence-electron chi connectivity index (χ2n) is 2.86. The highest BCUT2D eigenvalue weighted by Gasteiger charge is 2.01. The van der Waals surface area contributed by atoms with Gasteiger partial charge in [-0.15, -0.1) is 0 Å². The van der Waals surface area contributed by atoms with Gasteiger partial charge in [-0.2, -0.15) is 0 Å². The first-order chi connectivity index (χ1) is 7.13. The summed E-state index contributed by atoms with van der Waals surface area (Å²) in [7, 11) is 0. The summed E-state index contributed by atoms with van der Waals surface area (Å²) in [5, 5.41) is 0.941. The number of rotatable bonds is 3. The minimum absolute atomic E-state index is 0.195. The van der Waals surface area contributed by atoms with Gasteiger partial charge < -0.3 is 4.74 Å². The van der Waals surface area contributed by atoms with Gasteiger partial charge in [0.25, 0.3) is 0 Å². The third kappa shape index (κ3) is 3.94. The Morgan fingerprint density at radius 2 is 2.13 bits per heavy atom. The van der Waals surface area contributed by atoms with Gasteiger partial charge in [-0.1, -0.05) is 35.3 Å². The van der Waals surface area contributed by atoms with Gasteiger partial charge in [0, 0.05) is 6.08 Å². The maximum atomic E-state index is 11.0. The monoisotopic (exact) mass is 244 g/mol. The van der Waals surface area contributed by atoms with Crippen LogP contribution in [-0.2, 0) is 16.1 Å². The lowest BCUT2D eigenvalue weighted by Crippen LogP contribution is -2.00. The fraction of sp³-hybridized carbons (Fsp3) is 0.182. The largest absolute Gasteiger partial charge is 0.458 e. The number of halogens is 2. The summed E-state index contributed by atoms with van der Waals surface area (Å²) < 4.78 is 4.94. The predicted molar refractivity (Wildman–Crippen MR) is 61.1 cm³/mol. The summed E-state index contributed by atoms with van der Waals surface area (Å²) in [6.07, 6.45) is 2.98. The number of hydrogen-bond acceptors (Lipinski definition) is 2. The normalized spacial score (nSPS) is 10.6. The topological polar surface area (TPSA) is 26.3 Å². The highest BCUT2D eigenvalue weighted by atomic mass is 35.5. The maximum absolute atomic E-state index is 11.0. The average Bonchev–Trinajstić information content (AvgIpc) is 2.20. The summed E-state index contributed by atoms with van der Waals surface area (Å²) >= 11 is 11.5. The van der Waals surface area contributed by atoms with Crippen molar-refractivity contribution in [2.75, 3.05) is 0 Å². The molecule has 2 nitrogen and oxygen atoms in total. The Morgan fingerprint density at radius 3 is 2.73 bits per heavy atom. The Bertz CT molecular complexity index is 386. The Labute approximate surface area is 98.4 Å². The zero-order valence-electron chi connectivity index (χ0n) is 8.17. The van der Waals surface area contributed by atoms with Crippen LogP contribution in [0, 0.1) is 0 Å². The Hall–Kier alpha value is -0.990. The zero-order valence-corrected chi connectivity index (χ0v) is 9.68. The molecular formula is C11H10Cl2O2. The quantitative estimate of drug-likeness (QED) is 0.600. The van der Waals surface area contributed by atoms with E-state index in [-0.39, 0.29) is 12.6 Å². The molecule has 0 atom stereocenters. The Kier molecular flexibility index (Phi) is 4.66. The Balaban J connectivity index is 2.58. The second kappa shape index (κ2) is 5.79. The van der Waals surface area contributed by atoms with Crippen LogP contribution in [0.15, 0.2) is 30.4 Å². The van der Waals surface area contributed by atoms with Crippen LogP contribution in [0.3, 0.4) is 0 Å². The SMILES string of the molecule is C/C=C/C(=O)OCc1ccc(Cl)c(Cl)c1. The first-order valence-electron chi connectivity index (χ1n) is 4.37. The van der Waals surface area contributed by atoms with Crippen molar-refractivity contribution in [3.63, 3.8) is 0 Å². The third-order valence-corrected chi connectivity index (χ3v) is 2.41. The van der Waals surface area contributed by atoms with Crippen molar-refractivity contribution < 1.29 is 9.53 Å². The van der Waals surface area contributed by atoms with E-state index in [0.717, 1.165) is 5.56 Å². The van der Waals surface area contributed by atoms with Gasteiger partial charge in [0.15, 0.2) is 0 Å². The van der Waals surface area contributed by atoms with Gasteiger partial charge >= 0.3 is 5.97 Å². The number of esters is 1. The molecule has 0 amide bonds. The van der Waals surface area contributed by atoms with Crippen LogP contribution in [0.25, 0.3) is 0 Å². The molecule has 0 heterocycles. The zero-order chi connectivity index (χ0) is 11.3. The van der Waals surface area contributed by atoms with E-state index in [1.165, 1.54) is 6.08 Å². The summed E-state index contributed by atoms with van der Waals surface area (Å²) in [4.78, 5) is 11.0. The molecule has 1 rings (SSSR count). The molecule has 0 unspecified atom stereocenters. The van der Waals surface area contributed by atoms with Crippen molar-refractivity contribution >= 4 is 29.2 Å². The van der Waals surface area contributed by atoms with Gasteiger partial charge in [0.05, 0.1) is 10.0 Å². The van der Waals surface area contributed by atoms with Gasteiger partial charge in [-0.3, -0.25) is 0 Å². The third-order valence-electron chi connectivity index (χ3n) is 1.67. The smallest absolute Gasteiger partial charge is 0.330 e. The highest BCUT2D eigenvalue weighted by molar-refractivity contribution is 6.42. The molecule has 0 N–H and O–H groups in total. The van der Waals surface area contributed by atoms with E-state index in [9.17, 15) is 4.79 Å². The first-order valence-corrected chi connectivity index (χ1v) is 5.12. The molecule has 0 aliphatic carbocycles. The second-order valence-corrected chi connectivity index (χ2v) is 3.67. The van der Waals surface area contributed by atoms with E-state index in [2.05, 4.69) is 0 Å². The van der Waals surface area contributed by atoms with Crippen LogP contribution in [-0.4, -0.2) is 5.97 Å². The standard InChI is InChI=1S/C11H10Cl2O2/c1-2-3-11(14)15-7-8-4-5-9(12)10(13)6-8/h2-6H,7H2,1H3/b3-2+. The maximum Gasteiger partial charge on any atom is 0.330 e. The summed E-state index contributed by atoms with van der Waals surface area (Å²) in [6, 6.07) is 5.10. The molecule has 0 bridgehead atoms. The number of benzene rings is 1. The molecular weight excluding hydrogens is 235 g/mol. The van der Waals surface area contributed by atoms with E-state index in [4.69, 9.17) is 27.9 Å². The van der Waals surface area contributed by atoms with Crippen molar-refractivity contribution in [2.24, 2.45) is 0 Å². The number of carbonyl (C=O) groups is 1. The summed E-state index contributed by atoms with van der Waals surface area (Å²) in [5.74, 6) is -0.372. The molecule has 0 aliphatic rings. The van der Waals surface area contributed by atoms with E-state index in [1.54, 1.807) is 31.2 Å². The van der Waals surface area contributed by atoms with E-state index in [1.807, 2.05) is 0 Å². The fourth-order valence-corrected chi connectivity index (χ4v) is 1.29. The van der Waals surface area contributed by atoms with Gasteiger partial charge in [-0.05, 0) is 24.6 Å². The van der Waals surface area contributed by atoms with Crippen LogP contribution >= 0.6 is 23.2 Å². The lowest BCUT2D eigenvalue weighted by molar-refractivity contribution is -0.139. The highest BCUT2D eigenvalue weighted by Crippen LogP contribution is 2.22. The minimum Gasteiger partial charge on any atom is -0.458 e. The van der Waals surface area contributed by atoms with Crippen molar-refractivity contribution in [2.45, 2.75) is 13.5 Å². The van der Waals surface area contributed by atoms with E-state index >= 15 is 0 Å². The Morgan fingerprint density at radius 1 is 1.40 bits per heavy atom. The average molecular weight is 245 g/mol. The molecule has 0 saturated carbocycles. The molecule has 4 heteroatoms. The molecule has 15 heavy (non-hydrogen) atoms. The van der Waals surface area contributed by atoms with Gasteiger partial charge in [0.2, 0.25) is 0 Å². The summed E-state index contributed by atoms with van der Waals surface area (Å²) in [6.45, 7) is 1.94. The van der Waals surface area contributed by atoms with Crippen molar-refractivity contribution in [1.82, 2.24) is 0 Å². The fourth-order valence-electron chi connectivity index (χ4n) is 0.968. The molecule has 0 saturated heterocycles. The van der Waals surface area contributed by atoms with Crippen molar-refractivity contribution in [3.8, 4) is 0 Å². The summed E-state index contributed by atoms with van der Waals surface area (Å²) in [5.41, 5.74) is 0.808.